The first-order chi connectivity index (χ1) is 13.9. The average molecular weight is 423 g/mol. The van der Waals surface area contributed by atoms with Crippen LogP contribution in [-0.4, -0.2) is 54.4 Å². The van der Waals surface area contributed by atoms with E-state index in [9.17, 15) is 13.6 Å². The second-order valence-electron chi connectivity index (χ2n) is 7.40. The Kier molecular flexibility index (Phi) is 7.03. The molecule has 1 amide bonds. The molecule has 156 valence electrons. The van der Waals surface area contributed by atoms with Gasteiger partial charge in [0.15, 0.2) is 0 Å². The number of piperidine rings is 1. The molecule has 29 heavy (non-hydrogen) atoms. The molecule has 0 aliphatic carbocycles. The number of likely N-dealkylation sites (tertiary alicyclic amines) is 1. The van der Waals surface area contributed by atoms with Crippen molar-refractivity contribution in [2.24, 2.45) is 0 Å². The largest absolute Gasteiger partial charge is 0.367 e. The molecule has 3 rings (SSSR count). The van der Waals surface area contributed by atoms with Gasteiger partial charge in [0.25, 0.3) is 5.91 Å². The lowest BCUT2D eigenvalue weighted by atomic mass is 10.0. The topological polar surface area (TPSA) is 48.5 Å². The first-order valence-electron chi connectivity index (χ1n) is 9.67. The number of likely N-dealkylation sites (N-methyl/N-ethyl adjacent to an activating group) is 1. The maximum atomic E-state index is 14.2. The molecule has 2 aromatic rings. The van der Waals surface area contributed by atoms with Crippen molar-refractivity contribution in [3.8, 4) is 0 Å². The normalized spacial score (nSPS) is 15.4. The molecule has 0 radical (unpaired) electrons. The lowest BCUT2D eigenvalue weighted by Gasteiger charge is -2.27. The van der Waals surface area contributed by atoms with Crippen molar-refractivity contribution in [1.82, 2.24) is 14.8 Å². The number of benzene rings is 1. The van der Waals surface area contributed by atoms with E-state index >= 15 is 0 Å². The number of halogens is 3. The quantitative estimate of drug-likeness (QED) is 0.751. The van der Waals surface area contributed by atoms with E-state index in [2.05, 4.69) is 10.3 Å². The maximum Gasteiger partial charge on any atom is 0.255 e. The van der Waals surface area contributed by atoms with Crippen molar-refractivity contribution in [2.45, 2.75) is 25.3 Å². The third-order valence-electron chi connectivity index (χ3n) is 5.15. The number of hydrogen-bond donors (Lipinski definition) is 1. The molecule has 1 aromatic carbocycles. The Hall–Kier alpha value is -2.25. The van der Waals surface area contributed by atoms with E-state index in [4.69, 9.17) is 11.6 Å². The summed E-state index contributed by atoms with van der Waals surface area (Å²) in [5, 5.41) is 3.34. The highest BCUT2D eigenvalue weighted by Crippen LogP contribution is 2.27. The van der Waals surface area contributed by atoms with Gasteiger partial charge >= 0.3 is 0 Å². The molecule has 1 unspecified atom stereocenters. The summed E-state index contributed by atoms with van der Waals surface area (Å²) in [5.41, 5.74) is 0.421. The van der Waals surface area contributed by atoms with Crippen molar-refractivity contribution in [3.63, 3.8) is 0 Å². The van der Waals surface area contributed by atoms with Crippen LogP contribution in [-0.2, 0) is 0 Å². The number of nitrogens with one attached hydrogen (secondary N) is 1. The van der Waals surface area contributed by atoms with Crippen molar-refractivity contribution in [2.75, 3.05) is 39.0 Å². The summed E-state index contributed by atoms with van der Waals surface area (Å²) in [6.45, 7) is 1.68. The fourth-order valence-electron chi connectivity index (χ4n) is 3.53. The number of carbonyl (C=O) groups excluding carboxylic acids is 1. The average Bonchev–Trinajstić information content (AvgIpc) is 2.70. The van der Waals surface area contributed by atoms with E-state index in [1.807, 2.05) is 4.90 Å². The molecule has 8 heteroatoms. The van der Waals surface area contributed by atoms with Gasteiger partial charge in [0.1, 0.15) is 17.5 Å². The van der Waals surface area contributed by atoms with Gasteiger partial charge in [-0.3, -0.25) is 4.79 Å². The zero-order chi connectivity index (χ0) is 21.0. The predicted octanol–water partition coefficient (Wildman–Crippen LogP) is 4.35. The standard InChI is InChI=1S/C21H25ClF2N4O/c1-27(2)18(19-16(23)7-6-8-17(19)24)13-26-20-15(22)11-14(12-25-20)21(29)28-9-4-3-5-10-28/h6-8,11-12,18H,3-5,9-10,13H2,1-2H3,(H,25,26). The zero-order valence-electron chi connectivity index (χ0n) is 16.6. The predicted molar refractivity (Wildman–Crippen MR) is 110 cm³/mol. The number of pyridine rings is 1. The third-order valence-corrected chi connectivity index (χ3v) is 5.44. The summed E-state index contributed by atoms with van der Waals surface area (Å²) in [4.78, 5) is 20.4. The van der Waals surface area contributed by atoms with Gasteiger partial charge in [-0.25, -0.2) is 13.8 Å². The summed E-state index contributed by atoms with van der Waals surface area (Å²) < 4.78 is 28.4. The van der Waals surface area contributed by atoms with E-state index in [0.717, 1.165) is 32.4 Å². The van der Waals surface area contributed by atoms with Crippen LogP contribution >= 0.6 is 11.6 Å². The Morgan fingerprint density at radius 3 is 2.48 bits per heavy atom. The van der Waals surface area contributed by atoms with Crippen LogP contribution in [0.25, 0.3) is 0 Å². The molecule has 0 bridgehead atoms. The molecule has 1 aliphatic rings. The van der Waals surface area contributed by atoms with Crippen LogP contribution in [0.5, 0.6) is 0 Å². The second-order valence-corrected chi connectivity index (χ2v) is 7.81. The third kappa shape index (κ3) is 5.03. The molecular formula is C21H25ClF2N4O. The van der Waals surface area contributed by atoms with Crippen LogP contribution in [0.3, 0.4) is 0 Å². The number of hydrogen-bond acceptors (Lipinski definition) is 4. The van der Waals surface area contributed by atoms with Crippen LogP contribution in [0.2, 0.25) is 5.02 Å². The Labute approximate surface area is 174 Å². The molecule has 0 saturated carbocycles. The number of carbonyl (C=O) groups is 1. The van der Waals surface area contributed by atoms with E-state index < -0.39 is 17.7 Å². The van der Waals surface area contributed by atoms with Gasteiger partial charge in [0.05, 0.1) is 16.6 Å². The molecule has 1 saturated heterocycles. The van der Waals surface area contributed by atoms with E-state index in [-0.39, 0.29) is 18.0 Å². The molecule has 1 aliphatic heterocycles. The van der Waals surface area contributed by atoms with Gasteiger partial charge in [-0.2, -0.15) is 0 Å². The lowest BCUT2D eigenvalue weighted by molar-refractivity contribution is 0.0724. The first kappa shape index (κ1) is 21.5. The van der Waals surface area contributed by atoms with Gasteiger partial charge in [-0.1, -0.05) is 17.7 Å². The highest BCUT2D eigenvalue weighted by atomic mass is 35.5. The molecule has 5 nitrogen and oxygen atoms in total. The number of rotatable bonds is 6. The Bertz CT molecular complexity index is 852. The van der Waals surface area contributed by atoms with Crippen LogP contribution in [0, 0.1) is 11.6 Å². The first-order valence-corrected chi connectivity index (χ1v) is 10.1. The minimum absolute atomic E-state index is 0.0157. The smallest absolute Gasteiger partial charge is 0.255 e. The van der Waals surface area contributed by atoms with Crippen LogP contribution in [0.1, 0.15) is 41.2 Å². The van der Waals surface area contributed by atoms with Gasteiger partial charge in [0, 0.05) is 31.4 Å². The molecule has 1 aromatic heterocycles. The summed E-state index contributed by atoms with van der Waals surface area (Å²) in [6, 6.07) is 4.83. The second kappa shape index (κ2) is 9.50. The van der Waals surface area contributed by atoms with E-state index in [1.165, 1.54) is 24.4 Å². The summed E-state index contributed by atoms with van der Waals surface area (Å²) in [7, 11) is 3.49. The summed E-state index contributed by atoms with van der Waals surface area (Å²) in [5.74, 6) is -0.922. The Morgan fingerprint density at radius 1 is 1.24 bits per heavy atom. The zero-order valence-corrected chi connectivity index (χ0v) is 17.3. The van der Waals surface area contributed by atoms with Gasteiger partial charge in [-0.05, 0) is 51.6 Å². The number of aromatic nitrogens is 1. The van der Waals surface area contributed by atoms with Crippen molar-refractivity contribution in [1.29, 1.82) is 0 Å². The fourth-order valence-corrected chi connectivity index (χ4v) is 3.76. The van der Waals surface area contributed by atoms with Crippen molar-refractivity contribution in [3.05, 3.63) is 58.2 Å². The molecule has 0 spiro atoms. The minimum atomic E-state index is -0.605. The molecule has 1 N–H and O–H groups in total. The van der Waals surface area contributed by atoms with Gasteiger partial charge in [0.2, 0.25) is 0 Å². The lowest BCUT2D eigenvalue weighted by Crippen LogP contribution is -2.35. The molecule has 1 atom stereocenters. The van der Waals surface area contributed by atoms with Crippen LogP contribution in [0.4, 0.5) is 14.6 Å². The van der Waals surface area contributed by atoms with Gasteiger partial charge < -0.3 is 15.1 Å². The monoisotopic (exact) mass is 422 g/mol. The number of amides is 1. The highest BCUT2D eigenvalue weighted by Gasteiger charge is 2.23. The number of anilines is 1. The SMILES string of the molecule is CN(C)C(CNc1ncc(C(=O)N2CCCCC2)cc1Cl)c1c(F)cccc1F. The summed E-state index contributed by atoms with van der Waals surface area (Å²) in [6.07, 6.45) is 4.64. The molecular weight excluding hydrogens is 398 g/mol. The summed E-state index contributed by atoms with van der Waals surface area (Å²) >= 11 is 6.33. The van der Waals surface area contributed by atoms with Crippen molar-refractivity contribution < 1.29 is 13.6 Å². The highest BCUT2D eigenvalue weighted by molar-refractivity contribution is 6.33. The van der Waals surface area contributed by atoms with Crippen molar-refractivity contribution >= 4 is 23.3 Å². The van der Waals surface area contributed by atoms with E-state index in [1.54, 1.807) is 25.1 Å². The Morgan fingerprint density at radius 2 is 1.90 bits per heavy atom. The molecule has 2 heterocycles. The fraction of sp³-hybridized carbons (Fsp3) is 0.429. The number of nitrogens with zero attached hydrogens (tertiary/aromatic N) is 3. The van der Waals surface area contributed by atoms with Gasteiger partial charge in [-0.15, -0.1) is 0 Å². The van der Waals surface area contributed by atoms with E-state index in [0.29, 0.717) is 16.4 Å². The maximum absolute atomic E-state index is 14.2. The van der Waals surface area contributed by atoms with Crippen LogP contribution in [0.15, 0.2) is 30.5 Å². The Balaban J connectivity index is 1.73. The van der Waals surface area contributed by atoms with Crippen LogP contribution < -0.4 is 5.32 Å². The molecule has 1 fully saturated rings. The minimum Gasteiger partial charge on any atom is -0.367 e.